The summed E-state index contributed by atoms with van der Waals surface area (Å²) in [7, 11) is 1.49. The van der Waals surface area contributed by atoms with E-state index in [4.69, 9.17) is 10.5 Å². The fraction of sp³-hybridized carbons (Fsp3) is 0.381. The predicted molar refractivity (Wildman–Crippen MR) is 105 cm³/mol. The van der Waals surface area contributed by atoms with Crippen molar-refractivity contribution >= 4 is 11.4 Å². The minimum absolute atomic E-state index is 0.0229. The zero-order valence-corrected chi connectivity index (χ0v) is 15.9. The first-order valence-corrected chi connectivity index (χ1v) is 9.54. The van der Waals surface area contributed by atoms with Gasteiger partial charge in [-0.3, -0.25) is 9.78 Å². The summed E-state index contributed by atoms with van der Waals surface area (Å²) in [5, 5.41) is 9.79. The molecule has 4 rings (SSSR count). The lowest BCUT2D eigenvalue weighted by molar-refractivity contribution is -0.113. The molecule has 1 aliphatic carbocycles. The Morgan fingerprint density at radius 2 is 2.00 bits per heavy atom. The quantitative estimate of drug-likeness (QED) is 0.822. The first-order chi connectivity index (χ1) is 13.6. The van der Waals surface area contributed by atoms with E-state index in [1.165, 1.54) is 32.8 Å². The molecule has 28 heavy (non-hydrogen) atoms. The summed E-state index contributed by atoms with van der Waals surface area (Å²) in [4.78, 5) is 23.5. The van der Waals surface area contributed by atoms with Gasteiger partial charge in [0.25, 0.3) is 0 Å². The fourth-order valence-electron chi connectivity index (χ4n) is 4.04. The van der Waals surface area contributed by atoms with Crippen LogP contribution >= 0.6 is 0 Å². The maximum absolute atomic E-state index is 12.7. The van der Waals surface area contributed by atoms with Gasteiger partial charge in [0.15, 0.2) is 17.3 Å². The number of carbonyl (C=O) groups is 1. The molecule has 2 aliphatic rings. The van der Waals surface area contributed by atoms with Crippen molar-refractivity contribution < 1.29 is 14.6 Å². The molecule has 0 saturated heterocycles. The normalized spacial score (nSPS) is 17.6. The highest BCUT2D eigenvalue weighted by molar-refractivity contribution is 6.23. The van der Waals surface area contributed by atoms with Crippen LogP contribution in [0.1, 0.15) is 31.4 Å². The summed E-state index contributed by atoms with van der Waals surface area (Å²) in [6.45, 7) is 1.12. The molecule has 0 unspecified atom stereocenters. The zero-order valence-electron chi connectivity index (χ0n) is 15.9. The van der Waals surface area contributed by atoms with E-state index in [1.54, 1.807) is 30.6 Å². The second-order valence-electron chi connectivity index (χ2n) is 7.39. The Balaban J connectivity index is 1.64. The molecular weight excluding hydrogens is 356 g/mol. The van der Waals surface area contributed by atoms with E-state index in [1.807, 2.05) is 4.90 Å². The molecule has 0 atom stereocenters. The van der Waals surface area contributed by atoms with Crippen LogP contribution in [0.15, 0.2) is 36.4 Å². The van der Waals surface area contributed by atoms with Gasteiger partial charge in [-0.1, -0.05) is 12.8 Å². The number of methoxy groups -OCH3 is 1. The molecule has 146 valence electrons. The lowest BCUT2D eigenvalue weighted by Crippen LogP contribution is -2.30. The number of phenols is 1. The fourth-order valence-corrected chi connectivity index (χ4v) is 4.04. The van der Waals surface area contributed by atoms with Gasteiger partial charge in [0, 0.05) is 12.1 Å². The van der Waals surface area contributed by atoms with Crippen LogP contribution in [0.3, 0.4) is 0 Å². The van der Waals surface area contributed by atoms with Crippen LogP contribution in [0, 0.1) is 5.92 Å². The van der Waals surface area contributed by atoms with E-state index in [-0.39, 0.29) is 11.5 Å². The Morgan fingerprint density at radius 3 is 2.75 bits per heavy atom. The molecule has 7 nitrogen and oxygen atoms in total. The number of rotatable bonds is 5. The van der Waals surface area contributed by atoms with Gasteiger partial charge in [0.05, 0.1) is 43.0 Å². The van der Waals surface area contributed by atoms with Gasteiger partial charge in [0.2, 0.25) is 0 Å². The minimum Gasteiger partial charge on any atom is -0.504 e. The molecule has 7 heteroatoms. The smallest absolute Gasteiger partial charge is 0.188 e. The van der Waals surface area contributed by atoms with Crippen LogP contribution in [-0.2, 0) is 4.79 Å². The molecule has 1 aliphatic heterocycles. The van der Waals surface area contributed by atoms with Crippen LogP contribution in [0.2, 0.25) is 0 Å². The predicted octanol–water partition coefficient (Wildman–Crippen LogP) is 2.56. The molecule has 2 aromatic rings. The molecular formula is C21H24N4O3. The number of benzene rings is 1. The first kappa shape index (κ1) is 18.3. The third kappa shape index (κ3) is 3.40. The van der Waals surface area contributed by atoms with Crippen LogP contribution in [0.4, 0.5) is 0 Å². The van der Waals surface area contributed by atoms with Gasteiger partial charge in [-0.05, 0) is 37.0 Å². The van der Waals surface area contributed by atoms with Crippen molar-refractivity contribution in [2.75, 3.05) is 20.2 Å². The highest BCUT2D eigenvalue weighted by Crippen LogP contribution is 2.33. The lowest BCUT2D eigenvalue weighted by atomic mass is 10.1. The Labute approximate surface area is 163 Å². The standard InChI is InChI=1S/C21H24N4O3/c1-28-19-8-14(6-7-17(19)26)15-9-23-10-16(24-15)20-18(27)12-25(21(20)22)11-13-4-2-3-5-13/h6-10,13,26H,2-5,11-12,22H2,1H3. The van der Waals surface area contributed by atoms with Crippen LogP contribution in [0.5, 0.6) is 11.5 Å². The molecule has 1 aromatic carbocycles. The van der Waals surface area contributed by atoms with Gasteiger partial charge in [-0.15, -0.1) is 0 Å². The number of ether oxygens (including phenoxy) is 1. The number of ketones is 1. The number of aromatic nitrogens is 2. The second-order valence-corrected chi connectivity index (χ2v) is 7.39. The number of aromatic hydroxyl groups is 1. The molecule has 3 N–H and O–H groups in total. The van der Waals surface area contributed by atoms with Crippen LogP contribution in [0.25, 0.3) is 16.8 Å². The van der Waals surface area contributed by atoms with E-state index >= 15 is 0 Å². The van der Waals surface area contributed by atoms with E-state index < -0.39 is 0 Å². The monoisotopic (exact) mass is 380 g/mol. The zero-order chi connectivity index (χ0) is 19.7. The molecule has 0 bridgehead atoms. The van der Waals surface area contributed by atoms with Crippen molar-refractivity contribution in [3.05, 3.63) is 42.1 Å². The van der Waals surface area contributed by atoms with Gasteiger partial charge < -0.3 is 20.5 Å². The number of nitrogens with zero attached hydrogens (tertiary/aromatic N) is 3. The summed E-state index contributed by atoms with van der Waals surface area (Å²) in [5.74, 6) is 1.48. The Morgan fingerprint density at radius 1 is 1.25 bits per heavy atom. The minimum atomic E-state index is -0.0229. The summed E-state index contributed by atoms with van der Waals surface area (Å²) >= 11 is 0. The topological polar surface area (TPSA) is 102 Å². The van der Waals surface area contributed by atoms with Gasteiger partial charge in [-0.25, -0.2) is 4.98 Å². The molecule has 1 aromatic heterocycles. The van der Waals surface area contributed by atoms with E-state index in [9.17, 15) is 9.90 Å². The Hall–Kier alpha value is -3.09. The number of carbonyl (C=O) groups excluding carboxylic acids is 1. The Kier molecular flexibility index (Phi) is 4.90. The molecule has 0 spiro atoms. The number of nitrogens with two attached hydrogens (primary N) is 1. The third-order valence-electron chi connectivity index (χ3n) is 5.53. The van der Waals surface area contributed by atoms with Crippen LogP contribution in [-0.4, -0.2) is 46.0 Å². The number of phenolic OH excluding ortho intramolecular Hbond substituents is 1. The summed E-state index contributed by atoms with van der Waals surface area (Å²) in [5.41, 5.74) is 8.57. The average molecular weight is 380 g/mol. The largest absolute Gasteiger partial charge is 0.504 e. The average Bonchev–Trinajstić information content (AvgIpc) is 3.30. The van der Waals surface area contributed by atoms with Crippen molar-refractivity contribution in [1.29, 1.82) is 0 Å². The Bertz CT molecular complexity index is 935. The number of hydrogen-bond acceptors (Lipinski definition) is 7. The van der Waals surface area contributed by atoms with Crippen molar-refractivity contribution in [2.45, 2.75) is 25.7 Å². The maximum atomic E-state index is 12.7. The van der Waals surface area contributed by atoms with Crippen molar-refractivity contribution in [3.63, 3.8) is 0 Å². The summed E-state index contributed by atoms with van der Waals surface area (Å²) < 4.78 is 5.16. The number of hydrogen-bond donors (Lipinski definition) is 2. The van der Waals surface area contributed by atoms with E-state index in [2.05, 4.69) is 9.97 Å². The lowest BCUT2D eigenvalue weighted by Gasteiger charge is -2.22. The van der Waals surface area contributed by atoms with E-state index in [0.717, 1.165) is 12.1 Å². The van der Waals surface area contributed by atoms with Gasteiger partial charge >= 0.3 is 0 Å². The van der Waals surface area contributed by atoms with Crippen LogP contribution < -0.4 is 10.5 Å². The van der Waals surface area contributed by atoms with Gasteiger partial charge in [-0.2, -0.15) is 0 Å². The van der Waals surface area contributed by atoms with Crippen molar-refractivity contribution in [1.82, 2.24) is 14.9 Å². The second kappa shape index (κ2) is 7.50. The first-order valence-electron chi connectivity index (χ1n) is 9.54. The molecule has 2 heterocycles. The molecule has 0 radical (unpaired) electrons. The number of Topliss-reactive ketones (excluding diaryl/α,β-unsaturated/α-hetero) is 1. The summed E-state index contributed by atoms with van der Waals surface area (Å²) in [6.07, 6.45) is 8.09. The molecule has 1 saturated carbocycles. The SMILES string of the molecule is COc1cc(-c2cncc(C3=C(N)N(CC4CCCC4)CC3=O)n2)ccc1O. The molecule has 1 fully saturated rings. The van der Waals surface area contributed by atoms with Gasteiger partial charge in [0.1, 0.15) is 5.82 Å². The highest BCUT2D eigenvalue weighted by Gasteiger charge is 2.32. The van der Waals surface area contributed by atoms with E-state index in [0.29, 0.717) is 41.0 Å². The molecule has 0 amide bonds. The van der Waals surface area contributed by atoms with Crippen molar-refractivity contribution in [3.8, 4) is 22.8 Å². The third-order valence-corrected chi connectivity index (χ3v) is 5.53. The maximum Gasteiger partial charge on any atom is 0.188 e. The van der Waals surface area contributed by atoms with Crippen molar-refractivity contribution in [2.24, 2.45) is 11.7 Å². The summed E-state index contributed by atoms with van der Waals surface area (Å²) in [6, 6.07) is 4.95. The highest BCUT2D eigenvalue weighted by atomic mass is 16.5.